The van der Waals surface area contributed by atoms with Crippen LogP contribution in [0.15, 0.2) is 0 Å². The Bertz CT molecular complexity index is 948. The van der Waals surface area contributed by atoms with Crippen LogP contribution in [-0.4, -0.2) is 84.2 Å². The fraction of sp³-hybridized carbons (Fsp3) is 0.667. The first kappa shape index (κ1) is 31.0. The number of carbonyl (C=O) groups is 3. The van der Waals surface area contributed by atoms with Crippen LogP contribution in [0.1, 0.15) is 0 Å². The van der Waals surface area contributed by atoms with Crippen molar-refractivity contribution in [2.75, 3.05) is 13.2 Å². The zero-order valence-corrected chi connectivity index (χ0v) is 17.2. The Morgan fingerprint density at radius 1 is 0.788 bits per heavy atom. The molecule has 0 aliphatic heterocycles. The molecule has 0 amide bonds. The van der Waals surface area contributed by atoms with E-state index in [1.165, 1.54) is 0 Å². The Hall–Kier alpha value is -1.96. The Morgan fingerprint density at radius 3 is 1.58 bits per heavy atom. The molecule has 0 spiro atoms. The Balaban J connectivity index is 5.59. The molecule has 33 heavy (non-hydrogen) atoms. The standard InChI is InChI=1S/C9H8F6O15S3/c10-7(11,31-30-29-19)4(16)26-1-3(28-6(18)9(14,15)33(23,24)25)2-27-5(17)8(12,13)32(20,21)22/h3,19H,1-2H2,(H,20,21,22)(H,23,24,25). The summed E-state index contributed by atoms with van der Waals surface area (Å²) in [5.74, 6) is -9.03. The van der Waals surface area contributed by atoms with Gasteiger partial charge in [0.25, 0.3) is 0 Å². The Labute approximate surface area is 181 Å². The highest BCUT2D eigenvalue weighted by atomic mass is 32.2. The lowest BCUT2D eigenvalue weighted by atomic mass is 10.4. The number of rotatable bonds is 13. The third-order valence-corrected chi connectivity index (χ3v) is 4.74. The second kappa shape index (κ2) is 11.0. The molecular weight excluding hydrogens is 558 g/mol. The van der Waals surface area contributed by atoms with E-state index in [2.05, 4.69) is 23.6 Å². The summed E-state index contributed by atoms with van der Waals surface area (Å²) in [5, 5.41) is -5.72. The van der Waals surface area contributed by atoms with Gasteiger partial charge in [0, 0.05) is 0 Å². The van der Waals surface area contributed by atoms with Crippen LogP contribution in [0.25, 0.3) is 0 Å². The van der Waals surface area contributed by atoms with Gasteiger partial charge in [0.15, 0.2) is 6.10 Å². The molecule has 0 fully saturated rings. The molecule has 24 heteroatoms. The molecule has 0 bridgehead atoms. The topological polar surface area (TPSA) is 226 Å². The Morgan fingerprint density at radius 2 is 1.18 bits per heavy atom. The molecule has 3 N–H and O–H groups in total. The summed E-state index contributed by atoms with van der Waals surface area (Å²) in [7, 11) is -13.0. The van der Waals surface area contributed by atoms with Crippen molar-refractivity contribution in [3.8, 4) is 0 Å². The van der Waals surface area contributed by atoms with E-state index in [4.69, 9.17) is 14.4 Å². The van der Waals surface area contributed by atoms with Gasteiger partial charge < -0.3 is 14.2 Å². The number of carbonyl (C=O) groups excluding carboxylic acids is 3. The average Bonchev–Trinajstić information content (AvgIpc) is 2.65. The monoisotopic (exact) mass is 566 g/mol. The van der Waals surface area contributed by atoms with E-state index in [-0.39, 0.29) is 0 Å². The third-order valence-electron chi connectivity index (χ3n) is 2.60. The summed E-state index contributed by atoms with van der Waals surface area (Å²) >= 11 is -1.21. The van der Waals surface area contributed by atoms with Gasteiger partial charge in [-0.2, -0.15) is 43.2 Å². The smallest absolute Gasteiger partial charge is 0.456 e. The predicted octanol–water partition coefficient (Wildman–Crippen LogP) is -0.392. The quantitative estimate of drug-likeness (QED) is 0.0490. The molecule has 0 aromatic heterocycles. The van der Waals surface area contributed by atoms with Gasteiger partial charge in [-0.05, 0) is 0 Å². The normalized spacial score (nSPS) is 14.3. The minimum Gasteiger partial charge on any atom is -0.456 e. The fourth-order valence-corrected chi connectivity index (χ4v) is 1.92. The van der Waals surface area contributed by atoms with Crippen molar-refractivity contribution in [2.24, 2.45) is 0 Å². The number of alkyl halides is 6. The maximum absolute atomic E-state index is 13.2. The number of hydrogen-bond acceptors (Lipinski definition) is 14. The maximum Gasteiger partial charge on any atom is 0.465 e. The van der Waals surface area contributed by atoms with E-state index in [0.29, 0.717) is 0 Å². The number of ether oxygens (including phenoxy) is 3. The predicted molar refractivity (Wildman–Crippen MR) is 82.1 cm³/mol. The molecule has 1 atom stereocenters. The molecule has 15 nitrogen and oxygen atoms in total. The number of halogens is 6. The maximum atomic E-state index is 13.2. The Kier molecular flexibility index (Phi) is 10.3. The minimum absolute atomic E-state index is 1.21. The van der Waals surface area contributed by atoms with Gasteiger partial charge in [-0.3, -0.25) is 9.11 Å². The molecule has 1 unspecified atom stereocenters. The van der Waals surface area contributed by atoms with Crippen LogP contribution in [0, 0.1) is 0 Å². The lowest BCUT2D eigenvalue weighted by molar-refractivity contribution is -0.433. The van der Waals surface area contributed by atoms with Crippen molar-refractivity contribution >= 4 is 50.2 Å². The van der Waals surface area contributed by atoms with Crippen molar-refractivity contribution < 1.29 is 95.5 Å². The molecule has 194 valence electrons. The molecule has 0 aliphatic carbocycles. The highest BCUT2D eigenvalue weighted by molar-refractivity contribution is 7.96. The van der Waals surface area contributed by atoms with E-state index in [1.807, 2.05) is 0 Å². The second-order valence-corrected chi connectivity index (χ2v) is 8.69. The van der Waals surface area contributed by atoms with Crippen LogP contribution < -0.4 is 0 Å². The summed E-state index contributed by atoms with van der Waals surface area (Å²) in [4.78, 5) is 33.4. The summed E-state index contributed by atoms with van der Waals surface area (Å²) in [6.45, 7) is -3.87. The average molecular weight is 566 g/mol. The second-order valence-electron chi connectivity index (χ2n) is 4.95. The van der Waals surface area contributed by atoms with Gasteiger partial charge in [0.2, 0.25) is 0 Å². The van der Waals surface area contributed by atoms with Crippen LogP contribution >= 0.6 is 12.0 Å². The van der Waals surface area contributed by atoms with Crippen LogP contribution in [0.2, 0.25) is 0 Å². The van der Waals surface area contributed by atoms with Crippen LogP contribution in [0.5, 0.6) is 0 Å². The lowest BCUT2D eigenvalue weighted by Crippen LogP contribution is -2.45. The molecule has 0 saturated heterocycles. The van der Waals surface area contributed by atoms with E-state index >= 15 is 0 Å². The summed E-state index contributed by atoms with van der Waals surface area (Å²) in [6, 6.07) is 0. The first-order valence-corrected chi connectivity index (χ1v) is 10.5. The van der Waals surface area contributed by atoms with Gasteiger partial charge in [0.05, 0.1) is 0 Å². The summed E-state index contributed by atoms with van der Waals surface area (Å²) in [5.41, 5.74) is 0. The number of hydrogen-bond donors (Lipinski definition) is 3. The molecule has 0 heterocycles. The van der Waals surface area contributed by atoms with Gasteiger partial charge in [-0.25, -0.2) is 19.6 Å². The van der Waals surface area contributed by atoms with E-state index in [1.54, 1.807) is 0 Å². The van der Waals surface area contributed by atoms with Crippen molar-refractivity contribution in [3.63, 3.8) is 0 Å². The van der Waals surface area contributed by atoms with E-state index in [0.717, 1.165) is 0 Å². The van der Waals surface area contributed by atoms with Crippen molar-refractivity contribution in [1.82, 2.24) is 0 Å². The largest absolute Gasteiger partial charge is 0.465 e. The SMILES string of the molecule is O=C(OCC(COC(=O)C(F)(F)S(=O)(=O)O)OC(=O)C(F)(F)S(=O)(=O)O)C(F)(F)SOOO. The van der Waals surface area contributed by atoms with Crippen molar-refractivity contribution in [3.05, 3.63) is 0 Å². The fourth-order valence-electron chi connectivity index (χ4n) is 1.14. The first-order chi connectivity index (χ1) is 14.6. The molecule has 0 aliphatic rings. The zero-order chi connectivity index (χ0) is 26.5. The van der Waals surface area contributed by atoms with Gasteiger partial charge >= 0.3 is 53.9 Å². The van der Waals surface area contributed by atoms with Crippen molar-refractivity contribution in [1.29, 1.82) is 0 Å². The van der Waals surface area contributed by atoms with Gasteiger partial charge in [0.1, 0.15) is 25.3 Å². The van der Waals surface area contributed by atoms with E-state index < -0.39 is 85.3 Å². The van der Waals surface area contributed by atoms with E-state index in [9.17, 15) is 57.6 Å². The minimum atomic E-state index is -6.52. The first-order valence-electron chi connectivity index (χ1n) is 6.90. The third kappa shape index (κ3) is 8.40. The highest BCUT2D eigenvalue weighted by Gasteiger charge is 2.56. The summed E-state index contributed by atoms with van der Waals surface area (Å²) < 4.78 is 151. The van der Waals surface area contributed by atoms with Crippen LogP contribution in [0.3, 0.4) is 0 Å². The number of esters is 3. The molecule has 0 aromatic rings. The summed E-state index contributed by atoms with van der Waals surface area (Å²) in [6.07, 6.45) is -2.81. The zero-order valence-electron chi connectivity index (χ0n) is 14.7. The van der Waals surface area contributed by atoms with Gasteiger partial charge in [-0.1, -0.05) is 5.04 Å². The molecule has 0 rings (SSSR count). The van der Waals surface area contributed by atoms with Crippen LogP contribution in [-0.2, 0) is 58.2 Å². The molecule has 0 radical (unpaired) electrons. The van der Waals surface area contributed by atoms with Gasteiger partial charge in [-0.15, -0.1) is 4.33 Å². The highest BCUT2D eigenvalue weighted by Crippen LogP contribution is 2.31. The molecule has 0 aromatic carbocycles. The van der Waals surface area contributed by atoms with Crippen LogP contribution in [0.4, 0.5) is 26.3 Å². The molecular formula is C9H8F6O15S3. The molecule has 0 saturated carbocycles. The van der Waals surface area contributed by atoms with Crippen molar-refractivity contribution in [2.45, 2.75) is 21.9 Å². The lowest BCUT2D eigenvalue weighted by Gasteiger charge is -2.21.